The van der Waals surface area contributed by atoms with Gasteiger partial charge in [0.15, 0.2) is 0 Å². The minimum Gasteiger partial charge on any atom is -0.368 e. The minimum atomic E-state index is -4.70. The molecule has 0 aliphatic carbocycles. The molecule has 1 heterocycles. The van der Waals surface area contributed by atoms with Crippen LogP contribution in [0.25, 0.3) is 0 Å². The van der Waals surface area contributed by atoms with Crippen LogP contribution in [-0.4, -0.2) is 41.9 Å². The second-order valence-corrected chi connectivity index (χ2v) is 7.56. The molecule has 0 bridgehead atoms. The first-order valence-corrected chi connectivity index (χ1v) is 10.5. The van der Waals surface area contributed by atoms with Gasteiger partial charge in [0.05, 0.1) is 0 Å². The van der Waals surface area contributed by atoms with E-state index in [0.29, 0.717) is 23.6 Å². The first kappa shape index (κ1) is 26.3. The van der Waals surface area contributed by atoms with E-state index in [2.05, 4.69) is 25.9 Å². The van der Waals surface area contributed by atoms with E-state index in [-0.39, 0.29) is 30.5 Å². The quantitative estimate of drug-likeness (QED) is 0.309. The average Bonchev–Trinajstić information content (AvgIpc) is 2.80. The van der Waals surface area contributed by atoms with Gasteiger partial charge in [-0.15, -0.1) is 0 Å². The van der Waals surface area contributed by atoms with E-state index in [0.717, 1.165) is 12.1 Å². The summed E-state index contributed by atoms with van der Waals surface area (Å²) in [6, 6.07) is 8.58. The van der Waals surface area contributed by atoms with Crippen molar-refractivity contribution in [3.8, 4) is 0 Å². The van der Waals surface area contributed by atoms with Gasteiger partial charge in [0.1, 0.15) is 23.0 Å². The van der Waals surface area contributed by atoms with Crippen molar-refractivity contribution in [2.24, 2.45) is 0 Å². The molecule has 0 atom stereocenters. The summed E-state index contributed by atoms with van der Waals surface area (Å²) in [5.41, 5.74) is -0.446. The molecular weight excluding hydrogens is 487 g/mol. The zero-order chi connectivity index (χ0) is 26.5. The van der Waals surface area contributed by atoms with Crippen LogP contribution < -0.4 is 20.9 Å². The zero-order valence-electron chi connectivity index (χ0n) is 19.1. The number of anilines is 4. The number of aromatic nitrogens is 2. The van der Waals surface area contributed by atoms with Crippen LogP contribution in [0.15, 0.2) is 48.7 Å². The number of benzene rings is 2. The monoisotopic (exact) mass is 508 g/mol. The summed E-state index contributed by atoms with van der Waals surface area (Å²) in [5.74, 6) is -3.32. The van der Waals surface area contributed by atoms with Crippen molar-refractivity contribution in [1.29, 1.82) is 0 Å². The molecule has 0 saturated carbocycles. The molecule has 0 saturated heterocycles. The third-order valence-electron chi connectivity index (χ3n) is 4.81. The lowest BCUT2D eigenvalue weighted by atomic mass is 10.1. The smallest absolute Gasteiger partial charge is 0.368 e. The maximum atomic E-state index is 13.4. The molecule has 3 N–H and O–H groups in total. The topological polar surface area (TPSA) is 99.2 Å². The predicted molar refractivity (Wildman–Crippen MR) is 123 cm³/mol. The highest BCUT2D eigenvalue weighted by molar-refractivity contribution is 6.05. The van der Waals surface area contributed by atoms with Gasteiger partial charge in [0.2, 0.25) is 11.9 Å². The number of hydrogen-bond acceptors (Lipinski definition) is 6. The van der Waals surface area contributed by atoms with Crippen LogP contribution in [0.4, 0.5) is 45.1 Å². The van der Waals surface area contributed by atoms with Crippen LogP contribution in [0.2, 0.25) is 0 Å². The summed E-state index contributed by atoms with van der Waals surface area (Å²) in [6.07, 6.45) is -4.06. The first-order chi connectivity index (χ1) is 16.9. The molecule has 0 spiro atoms. The van der Waals surface area contributed by atoms with Gasteiger partial charge in [-0.2, -0.15) is 18.2 Å². The summed E-state index contributed by atoms with van der Waals surface area (Å²) < 4.78 is 66.8. The molecule has 1 aromatic heterocycles. The Bertz CT molecular complexity index is 1230. The molecule has 0 aliphatic heterocycles. The van der Waals surface area contributed by atoms with Gasteiger partial charge in [-0.3, -0.25) is 9.59 Å². The molecule has 3 aromatic rings. The van der Waals surface area contributed by atoms with Gasteiger partial charge >= 0.3 is 6.18 Å². The van der Waals surface area contributed by atoms with E-state index in [1.54, 1.807) is 0 Å². The Labute approximate surface area is 202 Å². The Hall–Kier alpha value is -4.29. The van der Waals surface area contributed by atoms with Crippen LogP contribution in [0, 0.1) is 11.6 Å². The third-order valence-corrected chi connectivity index (χ3v) is 4.81. The van der Waals surface area contributed by atoms with Crippen LogP contribution in [0.3, 0.4) is 0 Å². The molecule has 0 fully saturated rings. The normalized spacial score (nSPS) is 11.1. The van der Waals surface area contributed by atoms with Crippen LogP contribution in [0.5, 0.6) is 0 Å². The van der Waals surface area contributed by atoms with Gasteiger partial charge < -0.3 is 20.9 Å². The maximum absolute atomic E-state index is 13.4. The van der Waals surface area contributed by atoms with Crippen molar-refractivity contribution in [2.75, 3.05) is 35.7 Å². The molecule has 0 radical (unpaired) electrons. The van der Waals surface area contributed by atoms with Gasteiger partial charge in [-0.05, 0) is 36.4 Å². The summed E-state index contributed by atoms with van der Waals surface area (Å²) in [6.45, 7) is 1.38. The van der Waals surface area contributed by atoms with Gasteiger partial charge in [0.25, 0.3) is 5.91 Å². The van der Waals surface area contributed by atoms with E-state index in [1.165, 1.54) is 43.1 Å². The Kier molecular flexibility index (Phi) is 8.02. The molecule has 0 aliphatic rings. The van der Waals surface area contributed by atoms with Crippen molar-refractivity contribution >= 4 is 35.0 Å². The van der Waals surface area contributed by atoms with E-state index >= 15 is 0 Å². The summed E-state index contributed by atoms with van der Waals surface area (Å²) in [4.78, 5) is 32.3. The number of halogens is 5. The Morgan fingerprint density at radius 3 is 2.22 bits per heavy atom. The molecule has 3 rings (SSSR count). The lowest BCUT2D eigenvalue weighted by Gasteiger charge is -2.18. The number of hydrogen-bond donors (Lipinski definition) is 3. The largest absolute Gasteiger partial charge is 0.421 e. The van der Waals surface area contributed by atoms with Gasteiger partial charge in [-0.25, -0.2) is 13.8 Å². The Morgan fingerprint density at radius 1 is 1.00 bits per heavy atom. The number of alkyl halides is 3. The van der Waals surface area contributed by atoms with E-state index in [4.69, 9.17) is 0 Å². The SMILES string of the molecule is CC(=O)NCCNc1nc(Nc2ccc(N(C)C(=O)c3cc(F)cc(F)c3)cc2)ncc1C(F)(F)F. The lowest BCUT2D eigenvalue weighted by molar-refractivity contribution is -0.137. The minimum absolute atomic E-state index is 0.00336. The van der Waals surface area contributed by atoms with Crippen molar-refractivity contribution in [2.45, 2.75) is 13.1 Å². The van der Waals surface area contributed by atoms with E-state index in [9.17, 15) is 31.5 Å². The highest BCUT2D eigenvalue weighted by Crippen LogP contribution is 2.34. The number of carbonyl (C=O) groups excluding carboxylic acids is 2. The predicted octanol–water partition coefficient (Wildman–Crippen LogP) is 4.34. The van der Waals surface area contributed by atoms with Crippen molar-refractivity contribution in [3.63, 3.8) is 0 Å². The summed E-state index contributed by atoms with van der Waals surface area (Å²) >= 11 is 0. The molecule has 2 amide bonds. The maximum Gasteiger partial charge on any atom is 0.421 e. The molecule has 8 nitrogen and oxygen atoms in total. The zero-order valence-corrected chi connectivity index (χ0v) is 19.1. The second-order valence-electron chi connectivity index (χ2n) is 7.56. The molecule has 13 heteroatoms. The average molecular weight is 508 g/mol. The third kappa shape index (κ3) is 6.87. The molecule has 0 unspecified atom stereocenters. The second kappa shape index (κ2) is 11.0. The van der Waals surface area contributed by atoms with Crippen molar-refractivity contribution in [3.05, 3.63) is 71.4 Å². The first-order valence-electron chi connectivity index (χ1n) is 10.5. The van der Waals surface area contributed by atoms with Crippen LogP contribution >= 0.6 is 0 Å². The number of amides is 2. The molecule has 190 valence electrons. The highest BCUT2D eigenvalue weighted by Gasteiger charge is 2.35. The fourth-order valence-corrected chi connectivity index (χ4v) is 3.09. The fourth-order valence-electron chi connectivity index (χ4n) is 3.09. The summed E-state index contributed by atoms with van der Waals surface area (Å²) in [5, 5.41) is 7.77. The molecular formula is C23H21F5N6O2. The Morgan fingerprint density at radius 2 is 1.64 bits per heavy atom. The molecule has 2 aromatic carbocycles. The molecule has 36 heavy (non-hydrogen) atoms. The van der Waals surface area contributed by atoms with Gasteiger partial charge in [-0.1, -0.05) is 0 Å². The fraction of sp³-hybridized carbons (Fsp3) is 0.217. The number of rotatable bonds is 8. The summed E-state index contributed by atoms with van der Waals surface area (Å²) in [7, 11) is 1.42. The van der Waals surface area contributed by atoms with E-state index < -0.39 is 35.1 Å². The number of carbonyl (C=O) groups is 2. The lowest BCUT2D eigenvalue weighted by Crippen LogP contribution is -2.27. The van der Waals surface area contributed by atoms with Crippen molar-refractivity contribution in [1.82, 2.24) is 15.3 Å². The van der Waals surface area contributed by atoms with Gasteiger partial charge in [0, 0.05) is 56.3 Å². The Balaban J connectivity index is 1.74. The van der Waals surface area contributed by atoms with Crippen LogP contribution in [0.1, 0.15) is 22.8 Å². The number of nitrogens with one attached hydrogen (secondary N) is 3. The van der Waals surface area contributed by atoms with Crippen LogP contribution in [-0.2, 0) is 11.0 Å². The van der Waals surface area contributed by atoms with E-state index in [1.807, 2.05) is 0 Å². The standard InChI is InChI=1S/C23H21F5N6O2/c1-13(35)29-7-8-30-20-19(23(26,27)28)12-31-22(33-20)32-17-3-5-18(6-4-17)34(2)21(36)14-9-15(24)11-16(25)10-14/h3-6,9-12H,7-8H2,1-2H3,(H,29,35)(H2,30,31,32,33). The van der Waals surface area contributed by atoms with Crippen molar-refractivity contribution < 1.29 is 31.5 Å². The number of nitrogens with zero attached hydrogens (tertiary/aromatic N) is 3. The highest BCUT2D eigenvalue weighted by atomic mass is 19.4.